The van der Waals surface area contributed by atoms with E-state index in [9.17, 15) is 17.6 Å². The molecule has 20 heavy (non-hydrogen) atoms. The minimum absolute atomic E-state index is 0.260. The Morgan fingerprint density at radius 3 is 2.60 bits per heavy atom. The number of ether oxygens (including phenoxy) is 1. The number of carbonyl (C=O) groups is 1. The summed E-state index contributed by atoms with van der Waals surface area (Å²) in [7, 11) is -3.77. The minimum Gasteiger partial charge on any atom is -0.478 e. The van der Waals surface area contributed by atoms with Crippen LogP contribution in [-0.2, 0) is 14.8 Å². The number of carboxylic acids is 1. The van der Waals surface area contributed by atoms with Gasteiger partial charge in [-0.2, -0.15) is 0 Å². The van der Waals surface area contributed by atoms with Crippen molar-refractivity contribution in [2.24, 2.45) is 0 Å². The molecule has 2 rings (SSSR count). The molecule has 0 radical (unpaired) electrons. The summed E-state index contributed by atoms with van der Waals surface area (Å²) >= 11 is 0. The van der Waals surface area contributed by atoms with E-state index in [1.165, 1.54) is 0 Å². The highest BCUT2D eigenvalue weighted by atomic mass is 32.2. The van der Waals surface area contributed by atoms with E-state index in [1.54, 1.807) is 0 Å². The fourth-order valence-electron chi connectivity index (χ4n) is 2.01. The van der Waals surface area contributed by atoms with E-state index >= 15 is 0 Å². The van der Waals surface area contributed by atoms with Crippen LogP contribution in [-0.4, -0.2) is 38.0 Å². The zero-order valence-electron chi connectivity index (χ0n) is 10.5. The van der Waals surface area contributed by atoms with Crippen LogP contribution in [0.4, 0.5) is 10.1 Å². The van der Waals surface area contributed by atoms with Crippen molar-refractivity contribution in [2.75, 3.05) is 17.9 Å². The zero-order chi connectivity index (χ0) is 14.8. The van der Waals surface area contributed by atoms with Gasteiger partial charge in [-0.05, 0) is 31.0 Å². The van der Waals surface area contributed by atoms with Gasteiger partial charge in [0, 0.05) is 13.2 Å². The van der Waals surface area contributed by atoms with Crippen molar-refractivity contribution in [3.05, 3.63) is 29.6 Å². The molecule has 2 N–H and O–H groups in total. The predicted molar refractivity (Wildman–Crippen MR) is 69.7 cm³/mol. The molecule has 1 heterocycles. The van der Waals surface area contributed by atoms with Gasteiger partial charge in [-0.15, -0.1) is 0 Å². The first-order valence-electron chi connectivity index (χ1n) is 6.02. The third-order valence-electron chi connectivity index (χ3n) is 3.07. The first-order valence-corrected chi connectivity index (χ1v) is 7.57. The molecular formula is C12H14FNO5S. The molecule has 1 aromatic carbocycles. The summed E-state index contributed by atoms with van der Waals surface area (Å²) in [6, 6.07) is 2.86. The van der Waals surface area contributed by atoms with Gasteiger partial charge in [-0.1, -0.05) is 0 Å². The van der Waals surface area contributed by atoms with E-state index in [-0.39, 0.29) is 11.3 Å². The van der Waals surface area contributed by atoms with Gasteiger partial charge in [0.15, 0.2) is 0 Å². The van der Waals surface area contributed by atoms with Gasteiger partial charge in [0.05, 0.1) is 16.5 Å². The lowest BCUT2D eigenvalue weighted by molar-refractivity contribution is 0.0698. The highest BCUT2D eigenvalue weighted by Gasteiger charge is 2.29. The van der Waals surface area contributed by atoms with Gasteiger partial charge in [-0.25, -0.2) is 17.6 Å². The first kappa shape index (κ1) is 14.7. The van der Waals surface area contributed by atoms with Crippen LogP contribution in [0.1, 0.15) is 23.2 Å². The Bertz CT molecular complexity index is 610. The van der Waals surface area contributed by atoms with Crippen molar-refractivity contribution < 1.29 is 27.4 Å². The van der Waals surface area contributed by atoms with E-state index in [4.69, 9.17) is 9.84 Å². The molecule has 0 amide bonds. The molecule has 1 aliphatic rings. The van der Waals surface area contributed by atoms with Gasteiger partial charge >= 0.3 is 5.97 Å². The Hall–Kier alpha value is -1.67. The summed E-state index contributed by atoms with van der Waals surface area (Å²) < 4.78 is 44.8. The molecule has 0 aromatic heterocycles. The highest BCUT2D eigenvalue weighted by molar-refractivity contribution is 7.93. The molecule has 0 saturated carbocycles. The summed E-state index contributed by atoms with van der Waals surface area (Å²) in [5, 5.41) is 8.32. The number of carboxylic acid groups (broad SMARTS) is 1. The van der Waals surface area contributed by atoms with E-state index in [2.05, 4.69) is 4.72 Å². The molecule has 0 spiro atoms. The van der Waals surface area contributed by atoms with Gasteiger partial charge in [-0.3, -0.25) is 4.72 Å². The molecule has 6 nitrogen and oxygen atoms in total. The summed E-state index contributed by atoms with van der Waals surface area (Å²) in [6.45, 7) is 0.668. The Kier molecular flexibility index (Phi) is 4.24. The molecule has 1 aromatic rings. The fraction of sp³-hybridized carbons (Fsp3) is 0.417. The molecule has 0 bridgehead atoms. The first-order chi connectivity index (χ1) is 9.40. The maximum Gasteiger partial charge on any atom is 0.337 e. The number of rotatable bonds is 4. The van der Waals surface area contributed by atoms with Crippen molar-refractivity contribution in [1.29, 1.82) is 0 Å². The monoisotopic (exact) mass is 303 g/mol. The van der Waals surface area contributed by atoms with Crippen LogP contribution in [0.5, 0.6) is 0 Å². The molecule has 8 heteroatoms. The number of halogens is 1. The fourth-order valence-corrected chi connectivity index (χ4v) is 3.47. The van der Waals surface area contributed by atoms with Crippen LogP contribution >= 0.6 is 0 Å². The Morgan fingerprint density at radius 2 is 2.00 bits per heavy atom. The highest BCUT2D eigenvalue weighted by Crippen LogP contribution is 2.23. The molecular weight excluding hydrogens is 289 g/mol. The molecule has 1 aliphatic heterocycles. The Balaban J connectivity index is 2.28. The van der Waals surface area contributed by atoms with Crippen LogP contribution in [0.3, 0.4) is 0 Å². The van der Waals surface area contributed by atoms with E-state index in [0.29, 0.717) is 26.1 Å². The third kappa shape index (κ3) is 3.26. The number of hydrogen-bond donors (Lipinski definition) is 2. The number of aromatic carboxylic acids is 1. The summed E-state index contributed by atoms with van der Waals surface area (Å²) in [5.74, 6) is -2.03. The third-order valence-corrected chi connectivity index (χ3v) is 4.92. The topological polar surface area (TPSA) is 92.7 Å². The maximum absolute atomic E-state index is 13.2. The van der Waals surface area contributed by atoms with E-state index < -0.39 is 27.1 Å². The maximum atomic E-state index is 13.2. The van der Waals surface area contributed by atoms with Gasteiger partial charge in [0.25, 0.3) is 0 Å². The SMILES string of the molecule is O=C(O)c1ccc(F)cc1NS(=O)(=O)C1CCOCC1. The second-order valence-corrected chi connectivity index (χ2v) is 6.41. The van der Waals surface area contributed by atoms with Crippen LogP contribution in [0.2, 0.25) is 0 Å². The minimum atomic E-state index is -3.77. The summed E-state index contributed by atoms with van der Waals surface area (Å²) in [4.78, 5) is 11.0. The molecule has 0 aliphatic carbocycles. The second-order valence-electron chi connectivity index (χ2n) is 4.45. The molecule has 110 valence electrons. The van der Waals surface area contributed by atoms with Crippen LogP contribution < -0.4 is 4.72 Å². The van der Waals surface area contributed by atoms with Gasteiger partial charge in [0.1, 0.15) is 5.82 Å². The van der Waals surface area contributed by atoms with Gasteiger partial charge < -0.3 is 9.84 Å². The number of hydrogen-bond acceptors (Lipinski definition) is 4. The number of sulfonamides is 1. The smallest absolute Gasteiger partial charge is 0.337 e. The van der Waals surface area contributed by atoms with Crippen molar-refractivity contribution in [3.8, 4) is 0 Å². The largest absolute Gasteiger partial charge is 0.478 e. The predicted octanol–water partition coefficient (Wildman–Crippen LogP) is 1.44. The average molecular weight is 303 g/mol. The standard InChI is InChI=1S/C12H14FNO5S/c13-8-1-2-10(12(15)16)11(7-8)14-20(17,18)9-3-5-19-6-4-9/h1-2,7,9,14H,3-6H2,(H,15,16). The Morgan fingerprint density at radius 1 is 1.35 bits per heavy atom. The van der Waals surface area contributed by atoms with Crippen LogP contribution in [0, 0.1) is 5.82 Å². The molecule has 0 atom stereocenters. The van der Waals surface area contributed by atoms with Crippen molar-refractivity contribution in [1.82, 2.24) is 0 Å². The number of anilines is 1. The van der Waals surface area contributed by atoms with Crippen LogP contribution in [0.15, 0.2) is 18.2 Å². The van der Waals surface area contributed by atoms with Crippen molar-refractivity contribution >= 4 is 21.7 Å². The number of benzene rings is 1. The van der Waals surface area contributed by atoms with Gasteiger partial charge in [0.2, 0.25) is 10.0 Å². The van der Waals surface area contributed by atoms with E-state index in [0.717, 1.165) is 18.2 Å². The Labute approximate surface area is 115 Å². The lowest BCUT2D eigenvalue weighted by Crippen LogP contribution is -2.33. The van der Waals surface area contributed by atoms with Crippen molar-refractivity contribution in [3.63, 3.8) is 0 Å². The lowest BCUT2D eigenvalue weighted by Gasteiger charge is -2.23. The number of nitrogens with one attached hydrogen (secondary N) is 1. The average Bonchev–Trinajstić information content (AvgIpc) is 2.39. The molecule has 1 fully saturated rings. The second kappa shape index (κ2) is 5.76. The normalized spacial score (nSPS) is 16.9. The summed E-state index contributed by atoms with van der Waals surface area (Å²) in [5.41, 5.74) is -0.550. The van der Waals surface area contributed by atoms with Crippen molar-refractivity contribution in [2.45, 2.75) is 18.1 Å². The zero-order valence-corrected chi connectivity index (χ0v) is 11.3. The lowest BCUT2D eigenvalue weighted by atomic mass is 10.2. The molecule has 0 unspecified atom stereocenters. The van der Waals surface area contributed by atoms with E-state index in [1.807, 2.05) is 0 Å². The summed E-state index contributed by atoms with van der Waals surface area (Å²) in [6.07, 6.45) is 0.653. The molecule has 1 saturated heterocycles. The quantitative estimate of drug-likeness (QED) is 0.878. The van der Waals surface area contributed by atoms with Crippen LogP contribution in [0.25, 0.3) is 0 Å².